The SMILES string of the molecule is C=CC1CC(=O)N(c2cccc(CNC)c2)C1. The molecule has 1 fully saturated rings. The Morgan fingerprint density at radius 2 is 2.41 bits per heavy atom. The number of rotatable bonds is 4. The Bertz CT molecular complexity index is 428. The van der Waals surface area contributed by atoms with Crippen molar-refractivity contribution in [1.29, 1.82) is 0 Å². The first-order valence-electron chi connectivity index (χ1n) is 5.91. The molecule has 1 amide bonds. The van der Waals surface area contributed by atoms with E-state index in [1.165, 1.54) is 5.56 Å². The zero-order valence-electron chi connectivity index (χ0n) is 10.1. The molecule has 90 valence electrons. The number of nitrogens with one attached hydrogen (secondary N) is 1. The molecule has 0 aromatic heterocycles. The van der Waals surface area contributed by atoms with Gasteiger partial charge < -0.3 is 10.2 Å². The molecule has 1 N–H and O–H groups in total. The van der Waals surface area contributed by atoms with Gasteiger partial charge in [-0.2, -0.15) is 0 Å². The molecule has 1 aromatic carbocycles. The second kappa shape index (κ2) is 5.15. The van der Waals surface area contributed by atoms with Gasteiger partial charge in [-0.05, 0) is 24.7 Å². The standard InChI is InChI=1S/C14H18N2O/c1-3-11-8-14(17)16(10-11)13-6-4-5-12(7-13)9-15-2/h3-7,11,15H,1,8-10H2,2H3. The van der Waals surface area contributed by atoms with Crippen LogP contribution in [0.2, 0.25) is 0 Å². The molecule has 0 bridgehead atoms. The monoisotopic (exact) mass is 230 g/mol. The van der Waals surface area contributed by atoms with Gasteiger partial charge in [0.2, 0.25) is 5.91 Å². The molecule has 1 heterocycles. The second-order valence-electron chi connectivity index (χ2n) is 4.40. The molecule has 1 unspecified atom stereocenters. The number of amides is 1. The van der Waals surface area contributed by atoms with Crippen molar-refractivity contribution in [2.75, 3.05) is 18.5 Å². The molecule has 1 aliphatic heterocycles. The number of hydrogen-bond donors (Lipinski definition) is 1. The van der Waals surface area contributed by atoms with E-state index in [9.17, 15) is 4.79 Å². The van der Waals surface area contributed by atoms with Crippen LogP contribution in [0.1, 0.15) is 12.0 Å². The van der Waals surface area contributed by atoms with Crippen LogP contribution in [-0.4, -0.2) is 19.5 Å². The molecule has 1 atom stereocenters. The molecule has 0 aliphatic carbocycles. The van der Waals surface area contributed by atoms with Gasteiger partial charge in [-0.15, -0.1) is 6.58 Å². The first-order chi connectivity index (χ1) is 8.24. The van der Waals surface area contributed by atoms with E-state index in [0.29, 0.717) is 6.42 Å². The van der Waals surface area contributed by atoms with Crippen LogP contribution in [0.3, 0.4) is 0 Å². The molecule has 1 saturated heterocycles. The highest BCUT2D eigenvalue weighted by atomic mass is 16.2. The van der Waals surface area contributed by atoms with E-state index < -0.39 is 0 Å². The van der Waals surface area contributed by atoms with E-state index in [1.807, 2.05) is 30.2 Å². The lowest BCUT2D eigenvalue weighted by Crippen LogP contribution is -2.24. The Labute approximate surface area is 102 Å². The fraction of sp³-hybridized carbons (Fsp3) is 0.357. The fourth-order valence-electron chi connectivity index (χ4n) is 2.18. The van der Waals surface area contributed by atoms with Gasteiger partial charge in [0, 0.05) is 31.1 Å². The van der Waals surface area contributed by atoms with Crippen molar-refractivity contribution in [3.8, 4) is 0 Å². The average Bonchev–Trinajstić information content (AvgIpc) is 2.71. The Balaban J connectivity index is 2.19. The summed E-state index contributed by atoms with van der Waals surface area (Å²) in [5, 5.41) is 3.11. The maximum atomic E-state index is 11.9. The molecule has 17 heavy (non-hydrogen) atoms. The third kappa shape index (κ3) is 2.56. The van der Waals surface area contributed by atoms with Crippen LogP contribution >= 0.6 is 0 Å². The van der Waals surface area contributed by atoms with Crippen LogP contribution in [-0.2, 0) is 11.3 Å². The van der Waals surface area contributed by atoms with Crippen molar-refractivity contribution >= 4 is 11.6 Å². The van der Waals surface area contributed by atoms with Crippen LogP contribution in [0, 0.1) is 5.92 Å². The quantitative estimate of drug-likeness (QED) is 0.802. The Morgan fingerprint density at radius 3 is 3.06 bits per heavy atom. The minimum Gasteiger partial charge on any atom is -0.316 e. The summed E-state index contributed by atoms with van der Waals surface area (Å²) in [5.74, 6) is 0.479. The topological polar surface area (TPSA) is 32.3 Å². The zero-order valence-corrected chi connectivity index (χ0v) is 10.1. The number of hydrogen-bond acceptors (Lipinski definition) is 2. The van der Waals surface area contributed by atoms with Gasteiger partial charge in [-0.25, -0.2) is 0 Å². The molecule has 0 spiro atoms. The second-order valence-corrected chi connectivity index (χ2v) is 4.40. The minimum absolute atomic E-state index is 0.191. The van der Waals surface area contributed by atoms with Crippen molar-refractivity contribution in [2.45, 2.75) is 13.0 Å². The first kappa shape index (κ1) is 11.9. The number of anilines is 1. The summed E-state index contributed by atoms with van der Waals surface area (Å²) in [6, 6.07) is 8.12. The van der Waals surface area contributed by atoms with Crippen molar-refractivity contribution in [3.05, 3.63) is 42.5 Å². The van der Waals surface area contributed by atoms with Gasteiger partial charge in [0.25, 0.3) is 0 Å². The van der Waals surface area contributed by atoms with E-state index in [0.717, 1.165) is 18.8 Å². The summed E-state index contributed by atoms with van der Waals surface area (Å²) in [7, 11) is 1.92. The maximum absolute atomic E-state index is 11.9. The number of nitrogens with zero attached hydrogens (tertiary/aromatic N) is 1. The van der Waals surface area contributed by atoms with Gasteiger partial charge in [0.05, 0.1) is 0 Å². The van der Waals surface area contributed by atoms with E-state index in [4.69, 9.17) is 0 Å². The van der Waals surface area contributed by atoms with Gasteiger partial charge in [0.15, 0.2) is 0 Å². The van der Waals surface area contributed by atoms with Crippen LogP contribution in [0.15, 0.2) is 36.9 Å². The van der Waals surface area contributed by atoms with Crippen molar-refractivity contribution in [2.24, 2.45) is 5.92 Å². The van der Waals surface area contributed by atoms with Crippen LogP contribution < -0.4 is 10.2 Å². The van der Waals surface area contributed by atoms with Crippen LogP contribution in [0.25, 0.3) is 0 Å². The normalized spacial score (nSPS) is 19.7. The molecule has 1 aliphatic rings. The van der Waals surface area contributed by atoms with E-state index in [2.05, 4.69) is 24.0 Å². The zero-order chi connectivity index (χ0) is 12.3. The smallest absolute Gasteiger partial charge is 0.227 e. The summed E-state index contributed by atoms with van der Waals surface area (Å²) in [5.41, 5.74) is 2.19. The molecular formula is C14H18N2O. The molecule has 3 nitrogen and oxygen atoms in total. The summed E-state index contributed by atoms with van der Waals surface area (Å²) >= 11 is 0. The van der Waals surface area contributed by atoms with Crippen molar-refractivity contribution in [1.82, 2.24) is 5.32 Å². The van der Waals surface area contributed by atoms with E-state index >= 15 is 0 Å². The predicted octanol–water partition coefficient (Wildman–Crippen LogP) is 1.94. The maximum Gasteiger partial charge on any atom is 0.227 e. The highest BCUT2D eigenvalue weighted by Crippen LogP contribution is 2.26. The van der Waals surface area contributed by atoms with Gasteiger partial charge in [-0.3, -0.25) is 4.79 Å². The van der Waals surface area contributed by atoms with Crippen molar-refractivity contribution in [3.63, 3.8) is 0 Å². The first-order valence-corrected chi connectivity index (χ1v) is 5.91. The Hall–Kier alpha value is -1.61. The van der Waals surface area contributed by atoms with Crippen LogP contribution in [0.5, 0.6) is 0 Å². The number of benzene rings is 1. The molecule has 3 heteroatoms. The summed E-state index contributed by atoms with van der Waals surface area (Å²) in [6.45, 7) is 5.34. The van der Waals surface area contributed by atoms with Gasteiger partial charge >= 0.3 is 0 Å². The highest BCUT2D eigenvalue weighted by Gasteiger charge is 2.28. The lowest BCUT2D eigenvalue weighted by atomic mass is 10.1. The molecule has 0 radical (unpaired) electrons. The van der Waals surface area contributed by atoms with Gasteiger partial charge in [-0.1, -0.05) is 18.2 Å². The molecule has 0 saturated carbocycles. The third-order valence-electron chi connectivity index (χ3n) is 3.09. The molecular weight excluding hydrogens is 212 g/mol. The summed E-state index contributed by atoms with van der Waals surface area (Å²) < 4.78 is 0. The highest BCUT2D eigenvalue weighted by molar-refractivity contribution is 5.96. The predicted molar refractivity (Wildman–Crippen MR) is 69.9 cm³/mol. The molecule has 1 aromatic rings. The third-order valence-corrected chi connectivity index (χ3v) is 3.09. The lowest BCUT2D eigenvalue weighted by molar-refractivity contribution is -0.117. The Kier molecular flexibility index (Phi) is 3.59. The van der Waals surface area contributed by atoms with Crippen LogP contribution in [0.4, 0.5) is 5.69 Å². The lowest BCUT2D eigenvalue weighted by Gasteiger charge is -2.17. The summed E-state index contributed by atoms with van der Waals surface area (Å²) in [6.07, 6.45) is 2.45. The van der Waals surface area contributed by atoms with E-state index in [-0.39, 0.29) is 11.8 Å². The number of carbonyl (C=O) groups excluding carboxylic acids is 1. The minimum atomic E-state index is 0.191. The van der Waals surface area contributed by atoms with Crippen molar-refractivity contribution < 1.29 is 4.79 Å². The van der Waals surface area contributed by atoms with Gasteiger partial charge in [0.1, 0.15) is 0 Å². The fourth-order valence-corrected chi connectivity index (χ4v) is 2.18. The molecule has 2 rings (SSSR count). The number of carbonyl (C=O) groups is 1. The van der Waals surface area contributed by atoms with E-state index in [1.54, 1.807) is 0 Å². The Morgan fingerprint density at radius 1 is 1.59 bits per heavy atom. The average molecular weight is 230 g/mol. The summed E-state index contributed by atoms with van der Waals surface area (Å²) in [4.78, 5) is 13.7. The largest absolute Gasteiger partial charge is 0.316 e.